The molecule has 0 spiro atoms. The molecule has 0 radical (unpaired) electrons. The molecule has 0 aliphatic carbocycles. The molecule has 146 valence electrons. The van der Waals surface area contributed by atoms with Gasteiger partial charge in [0.1, 0.15) is 6.04 Å². The maximum absolute atomic E-state index is 12.8. The van der Waals surface area contributed by atoms with E-state index in [1.807, 2.05) is 29.2 Å². The summed E-state index contributed by atoms with van der Waals surface area (Å²) in [5, 5.41) is 2.74. The summed E-state index contributed by atoms with van der Waals surface area (Å²) in [6.07, 6.45) is 5.11. The Kier molecular flexibility index (Phi) is 6.48. The van der Waals surface area contributed by atoms with Crippen LogP contribution in [0.5, 0.6) is 0 Å². The maximum atomic E-state index is 12.8. The number of carbonyl (C=O) groups is 3. The van der Waals surface area contributed by atoms with Gasteiger partial charge in [-0.15, -0.1) is 0 Å². The van der Waals surface area contributed by atoms with Gasteiger partial charge in [0.2, 0.25) is 11.8 Å². The first-order valence-corrected chi connectivity index (χ1v) is 10.0. The molecule has 1 aromatic carbocycles. The number of nitrogens with one attached hydrogen (secondary N) is 1. The molecule has 3 rings (SSSR count). The van der Waals surface area contributed by atoms with Crippen LogP contribution in [0, 0.1) is 0 Å². The van der Waals surface area contributed by atoms with Gasteiger partial charge in [0.05, 0.1) is 0 Å². The summed E-state index contributed by atoms with van der Waals surface area (Å²) >= 11 is 0. The Morgan fingerprint density at radius 2 is 1.78 bits per heavy atom. The number of hydrogen-bond acceptors (Lipinski definition) is 3. The lowest BCUT2D eigenvalue weighted by atomic mass is 10.1. The van der Waals surface area contributed by atoms with Crippen LogP contribution in [-0.4, -0.2) is 59.7 Å². The average molecular weight is 371 g/mol. The molecular weight excluding hydrogens is 342 g/mol. The summed E-state index contributed by atoms with van der Waals surface area (Å²) in [5.74, 6) is -0.0432. The van der Waals surface area contributed by atoms with Crippen LogP contribution in [0.2, 0.25) is 0 Å². The number of unbranched alkanes of at least 4 members (excludes halogenated alkanes) is 1. The lowest BCUT2D eigenvalue weighted by molar-refractivity contribution is -0.134. The Hall–Kier alpha value is -2.37. The van der Waals surface area contributed by atoms with Crippen molar-refractivity contribution in [1.29, 1.82) is 0 Å². The second-order valence-electron chi connectivity index (χ2n) is 7.43. The largest absolute Gasteiger partial charge is 0.344 e. The van der Waals surface area contributed by atoms with E-state index in [0.29, 0.717) is 44.6 Å². The Morgan fingerprint density at radius 1 is 1.07 bits per heavy atom. The highest BCUT2D eigenvalue weighted by molar-refractivity contribution is 5.94. The third kappa shape index (κ3) is 4.87. The van der Waals surface area contributed by atoms with Gasteiger partial charge in [0, 0.05) is 38.2 Å². The number of nitrogens with zero attached hydrogens (tertiary/aromatic N) is 2. The SMILES string of the molecule is CCCCc1ccc(C(=O)N2CCCN(C(=O)C3CCC(=O)N3)CC2)cc1. The first-order chi connectivity index (χ1) is 13.1. The molecule has 6 nitrogen and oxygen atoms in total. The molecule has 1 unspecified atom stereocenters. The van der Waals surface area contributed by atoms with Gasteiger partial charge in [-0.1, -0.05) is 25.5 Å². The van der Waals surface area contributed by atoms with E-state index in [1.165, 1.54) is 5.56 Å². The van der Waals surface area contributed by atoms with Crippen LogP contribution < -0.4 is 5.32 Å². The Morgan fingerprint density at radius 3 is 2.44 bits per heavy atom. The molecule has 2 aliphatic heterocycles. The predicted molar refractivity (Wildman–Crippen MR) is 103 cm³/mol. The van der Waals surface area contributed by atoms with E-state index in [4.69, 9.17) is 0 Å². The topological polar surface area (TPSA) is 69.7 Å². The first kappa shape index (κ1) is 19.4. The van der Waals surface area contributed by atoms with E-state index in [1.54, 1.807) is 4.90 Å². The summed E-state index contributed by atoms with van der Waals surface area (Å²) in [5.41, 5.74) is 1.97. The van der Waals surface area contributed by atoms with Gasteiger partial charge in [-0.25, -0.2) is 0 Å². The van der Waals surface area contributed by atoms with Crippen molar-refractivity contribution in [3.05, 3.63) is 35.4 Å². The number of hydrogen-bond donors (Lipinski definition) is 1. The zero-order chi connectivity index (χ0) is 19.2. The fourth-order valence-electron chi connectivity index (χ4n) is 3.74. The average Bonchev–Trinajstić information content (AvgIpc) is 2.98. The predicted octanol–water partition coefficient (Wildman–Crippen LogP) is 1.98. The van der Waals surface area contributed by atoms with E-state index in [9.17, 15) is 14.4 Å². The van der Waals surface area contributed by atoms with Gasteiger partial charge in [-0.2, -0.15) is 0 Å². The first-order valence-electron chi connectivity index (χ1n) is 10.0. The van der Waals surface area contributed by atoms with Gasteiger partial charge in [-0.3, -0.25) is 14.4 Å². The molecule has 2 aliphatic rings. The molecule has 1 atom stereocenters. The standard InChI is InChI=1S/C21H29N3O3/c1-2-3-5-16-6-8-17(9-7-16)20(26)23-12-4-13-24(15-14-23)21(27)18-10-11-19(25)22-18/h6-9,18H,2-5,10-15H2,1H3,(H,22,25). The summed E-state index contributed by atoms with van der Waals surface area (Å²) in [6, 6.07) is 7.51. The van der Waals surface area contributed by atoms with Crippen LogP contribution in [-0.2, 0) is 16.0 Å². The van der Waals surface area contributed by atoms with Crippen LogP contribution in [0.15, 0.2) is 24.3 Å². The summed E-state index contributed by atoms with van der Waals surface area (Å²) in [7, 11) is 0. The van der Waals surface area contributed by atoms with Crippen LogP contribution in [0.1, 0.15) is 54.9 Å². The van der Waals surface area contributed by atoms with Gasteiger partial charge < -0.3 is 15.1 Å². The fourth-order valence-corrected chi connectivity index (χ4v) is 3.74. The molecule has 0 bridgehead atoms. The molecule has 2 saturated heterocycles. The molecule has 27 heavy (non-hydrogen) atoms. The Bertz CT molecular complexity index is 686. The van der Waals surface area contributed by atoms with Crippen molar-refractivity contribution < 1.29 is 14.4 Å². The van der Waals surface area contributed by atoms with Gasteiger partial charge in [0.25, 0.3) is 5.91 Å². The van der Waals surface area contributed by atoms with Crippen LogP contribution >= 0.6 is 0 Å². The van der Waals surface area contributed by atoms with E-state index in [-0.39, 0.29) is 17.7 Å². The summed E-state index contributed by atoms with van der Waals surface area (Å²) in [4.78, 5) is 40.4. The minimum absolute atomic E-state index is 0.0181. The highest BCUT2D eigenvalue weighted by atomic mass is 16.2. The molecule has 1 aromatic rings. The van der Waals surface area contributed by atoms with E-state index >= 15 is 0 Å². The molecule has 2 heterocycles. The third-order valence-corrected chi connectivity index (χ3v) is 5.41. The molecule has 3 amide bonds. The van der Waals surface area contributed by atoms with Crippen molar-refractivity contribution in [2.45, 2.75) is 51.5 Å². The number of benzene rings is 1. The smallest absolute Gasteiger partial charge is 0.253 e. The molecule has 2 fully saturated rings. The van der Waals surface area contributed by atoms with Crippen LogP contribution in [0.3, 0.4) is 0 Å². The maximum Gasteiger partial charge on any atom is 0.253 e. The molecule has 1 N–H and O–H groups in total. The fraction of sp³-hybridized carbons (Fsp3) is 0.571. The minimum atomic E-state index is -0.393. The number of amides is 3. The zero-order valence-corrected chi connectivity index (χ0v) is 16.1. The van der Waals surface area contributed by atoms with Crippen LogP contribution in [0.4, 0.5) is 0 Å². The Labute approximate surface area is 160 Å². The van der Waals surface area contributed by atoms with Gasteiger partial charge in [-0.05, 0) is 43.4 Å². The summed E-state index contributed by atoms with van der Waals surface area (Å²) in [6.45, 7) is 4.50. The number of rotatable bonds is 5. The van der Waals surface area contributed by atoms with Crippen molar-refractivity contribution in [3.63, 3.8) is 0 Å². The number of aryl methyl sites for hydroxylation is 1. The lowest BCUT2D eigenvalue weighted by Crippen LogP contribution is -2.46. The molecule has 0 aromatic heterocycles. The van der Waals surface area contributed by atoms with Gasteiger partial charge >= 0.3 is 0 Å². The highest BCUT2D eigenvalue weighted by Gasteiger charge is 2.32. The minimum Gasteiger partial charge on any atom is -0.344 e. The van der Waals surface area contributed by atoms with Crippen molar-refractivity contribution in [3.8, 4) is 0 Å². The zero-order valence-electron chi connectivity index (χ0n) is 16.1. The molecule has 0 saturated carbocycles. The second kappa shape index (κ2) is 9.02. The van der Waals surface area contributed by atoms with Crippen molar-refractivity contribution in [1.82, 2.24) is 15.1 Å². The monoisotopic (exact) mass is 371 g/mol. The second-order valence-corrected chi connectivity index (χ2v) is 7.43. The number of carbonyl (C=O) groups excluding carboxylic acids is 3. The molecular formula is C21H29N3O3. The lowest BCUT2D eigenvalue weighted by Gasteiger charge is -2.24. The molecule has 6 heteroatoms. The third-order valence-electron chi connectivity index (χ3n) is 5.41. The van der Waals surface area contributed by atoms with E-state index in [2.05, 4.69) is 12.2 Å². The van der Waals surface area contributed by atoms with E-state index < -0.39 is 6.04 Å². The van der Waals surface area contributed by atoms with Crippen molar-refractivity contribution >= 4 is 17.7 Å². The van der Waals surface area contributed by atoms with Crippen molar-refractivity contribution in [2.75, 3.05) is 26.2 Å². The van der Waals surface area contributed by atoms with E-state index in [0.717, 1.165) is 25.7 Å². The van der Waals surface area contributed by atoms with Crippen molar-refractivity contribution in [2.24, 2.45) is 0 Å². The normalized spacial score (nSPS) is 20.3. The summed E-state index contributed by atoms with van der Waals surface area (Å²) < 4.78 is 0. The van der Waals surface area contributed by atoms with Crippen LogP contribution in [0.25, 0.3) is 0 Å². The van der Waals surface area contributed by atoms with Gasteiger partial charge in [0.15, 0.2) is 0 Å². The highest BCUT2D eigenvalue weighted by Crippen LogP contribution is 2.15. The quantitative estimate of drug-likeness (QED) is 0.860. The Balaban J connectivity index is 1.56.